The third-order valence-corrected chi connectivity index (χ3v) is 7.86. The van der Waals surface area contributed by atoms with Crippen molar-refractivity contribution in [2.75, 3.05) is 78.0 Å². The van der Waals surface area contributed by atoms with E-state index in [1.54, 1.807) is 19.1 Å². The minimum atomic E-state index is -0.101. The number of carbonyl (C=O) groups is 2. The molecule has 0 bridgehead atoms. The second kappa shape index (κ2) is 14.6. The van der Waals surface area contributed by atoms with E-state index in [1.807, 2.05) is 66.4 Å². The Bertz CT molecular complexity index is 1340. The molecule has 0 unspecified atom stereocenters. The van der Waals surface area contributed by atoms with Gasteiger partial charge in [0.25, 0.3) is 5.91 Å². The van der Waals surface area contributed by atoms with Gasteiger partial charge >= 0.3 is 0 Å². The molecule has 10 nitrogen and oxygen atoms in total. The lowest BCUT2D eigenvalue weighted by atomic mass is 10.1. The Morgan fingerprint density at radius 2 is 1.62 bits per heavy atom. The molecule has 0 radical (unpaired) electrons. The number of ether oxygens (including phenoxy) is 2. The van der Waals surface area contributed by atoms with E-state index < -0.39 is 0 Å². The zero-order chi connectivity index (χ0) is 30.1. The highest BCUT2D eigenvalue weighted by Crippen LogP contribution is 2.32. The molecule has 0 saturated carbocycles. The molecule has 4 rings (SSSR count). The van der Waals surface area contributed by atoms with E-state index in [0.717, 1.165) is 36.6 Å². The second-order valence-corrected chi connectivity index (χ2v) is 10.3. The van der Waals surface area contributed by atoms with E-state index in [1.165, 1.54) is 0 Å². The Labute approximate surface area is 248 Å². The molecule has 42 heavy (non-hydrogen) atoms. The Hall–Kier alpha value is -4.18. The van der Waals surface area contributed by atoms with Crippen molar-refractivity contribution >= 4 is 17.6 Å². The first-order valence-corrected chi connectivity index (χ1v) is 14.5. The predicted molar refractivity (Wildman–Crippen MR) is 164 cm³/mol. The fourth-order valence-corrected chi connectivity index (χ4v) is 5.13. The maximum absolute atomic E-state index is 13.5. The highest BCUT2D eigenvalue weighted by molar-refractivity contribution is 5.97. The molecule has 3 aromatic rings. The van der Waals surface area contributed by atoms with Gasteiger partial charge in [0.2, 0.25) is 5.91 Å². The number of carbonyl (C=O) groups excluding carboxylic acids is 2. The molecule has 0 aliphatic carbocycles. The van der Waals surface area contributed by atoms with Gasteiger partial charge in [-0.25, -0.2) is 0 Å². The lowest BCUT2D eigenvalue weighted by Crippen LogP contribution is -2.52. The van der Waals surface area contributed by atoms with Crippen molar-refractivity contribution < 1.29 is 19.1 Å². The number of anilines is 1. The van der Waals surface area contributed by atoms with Crippen LogP contribution in [0.2, 0.25) is 0 Å². The molecule has 2 heterocycles. The molecule has 10 heteroatoms. The molecule has 0 N–H and O–H groups in total. The van der Waals surface area contributed by atoms with Crippen molar-refractivity contribution in [1.29, 1.82) is 0 Å². The third-order valence-electron chi connectivity index (χ3n) is 7.86. The molecule has 224 valence electrons. The van der Waals surface area contributed by atoms with Crippen LogP contribution in [-0.4, -0.2) is 110 Å². The summed E-state index contributed by atoms with van der Waals surface area (Å²) < 4.78 is 10.8. The van der Waals surface area contributed by atoms with Crippen LogP contribution in [0, 0.1) is 6.92 Å². The lowest BCUT2D eigenvalue weighted by molar-refractivity contribution is -0.132. The first kappa shape index (κ1) is 30.8. The number of rotatable bonds is 12. The summed E-state index contributed by atoms with van der Waals surface area (Å²) in [7, 11) is 3.23. The third kappa shape index (κ3) is 7.36. The van der Waals surface area contributed by atoms with Crippen LogP contribution in [0.15, 0.2) is 54.6 Å². The molecule has 2 amide bonds. The second-order valence-electron chi connectivity index (χ2n) is 10.3. The van der Waals surface area contributed by atoms with Crippen LogP contribution in [0.4, 0.5) is 5.82 Å². The monoisotopic (exact) mass is 574 g/mol. The lowest BCUT2D eigenvalue weighted by Gasteiger charge is -2.36. The zero-order valence-electron chi connectivity index (χ0n) is 25.4. The van der Waals surface area contributed by atoms with Gasteiger partial charge in [0.15, 0.2) is 5.82 Å². The number of aryl methyl sites for hydroxylation is 1. The standard InChI is InChI=1S/C32H42N6O4/c1-6-35(7-2)16-17-38(32(40)26-11-9-8-10-24(26)3)23-31(39)37-20-18-36(19-21-37)30-15-14-28(33-34-30)27-13-12-25(41-4)22-29(27)42-5/h8-15,22H,6-7,16-21,23H2,1-5H3. The van der Waals surface area contributed by atoms with Crippen molar-refractivity contribution in [1.82, 2.24) is 24.9 Å². The summed E-state index contributed by atoms with van der Waals surface area (Å²) in [6, 6.07) is 17.0. The smallest absolute Gasteiger partial charge is 0.254 e. The normalized spacial score (nSPS) is 13.3. The van der Waals surface area contributed by atoms with Crippen LogP contribution >= 0.6 is 0 Å². The summed E-state index contributed by atoms with van der Waals surface area (Å²) in [4.78, 5) is 34.9. The highest BCUT2D eigenvalue weighted by atomic mass is 16.5. The number of benzene rings is 2. The van der Waals surface area contributed by atoms with Gasteiger partial charge in [-0.15, -0.1) is 10.2 Å². The van der Waals surface area contributed by atoms with E-state index in [0.29, 0.717) is 55.5 Å². The van der Waals surface area contributed by atoms with Crippen LogP contribution in [-0.2, 0) is 4.79 Å². The molecule has 1 fully saturated rings. The highest BCUT2D eigenvalue weighted by Gasteiger charge is 2.27. The summed E-state index contributed by atoms with van der Waals surface area (Å²) in [6.07, 6.45) is 0. The van der Waals surface area contributed by atoms with Gasteiger partial charge in [-0.3, -0.25) is 9.59 Å². The summed E-state index contributed by atoms with van der Waals surface area (Å²) in [5.74, 6) is 1.99. The number of likely N-dealkylation sites (N-methyl/N-ethyl adjacent to an activating group) is 1. The molecule has 1 aliphatic heterocycles. The van der Waals surface area contributed by atoms with Gasteiger partial charge in [-0.2, -0.15) is 0 Å². The predicted octanol–water partition coefficient (Wildman–Crippen LogP) is 3.60. The summed E-state index contributed by atoms with van der Waals surface area (Å²) in [5.41, 5.74) is 3.09. The van der Waals surface area contributed by atoms with E-state index >= 15 is 0 Å². The summed E-state index contributed by atoms with van der Waals surface area (Å²) in [6.45, 7) is 11.6. The fraction of sp³-hybridized carbons (Fsp3) is 0.438. The largest absolute Gasteiger partial charge is 0.497 e. The number of methoxy groups -OCH3 is 2. The number of amides is 2. The molecule has 0 atom stereocenters. The average Bonchev–Trinajstić information content (AvgIpc) is 3.04. The molecule has 1 aromatic heterocycles. The van der Waals surface area contributed by atoms with Gasteiger partial charge in [0.05, 0.1) is 19.9 Å². The molecule has 1 saturated heterocycles. The molecule has 0 spiro atoms. The zero-order valence-corrected chi connectivity index (χ0v) is 25.4. The van der Waals surface area contributed by atoms with E-state index in [-0.39, 0.29) is 18.4 Å². The molecule has 2 aromatic carbocycles. The van der Waals surface area contributed by atoms with E-state index in [9.17, 15) is 9.59 Å². The van der Waals surface area contributed by atoms with Gasteiger partial charge in [0.1, 0.15) is 18.0 Å². The van der Waals surface area contributed by atoms with Crippen LogP contribution in [0.5, 0.6) is 11.5 Å². The average molecular weight is 575 g/mol. The van der Waals surface area contributed by atoms with Gasteiger partial charge < -0.3 is 29.1 Å². The SMILES string of the molecule is CCN(CC)CCN(CC(=O)N1CCN(c2ccc(-c3ccc(OC)cc3OC)nn2)CC1)C(=O)c1ccccc1C. The Kier molecular flexibility index (Phi) is 10.7. The number of nitrogens with zero attached hydrogens (tertiary/aromatic N) is 6. The maximum Gasteiger partial charge on any atom is 0.254 e. The quantitative estimate of drug-likeness (QED) is 0.324. The topological polar surface area (TPSA) is 91.3 Å². The van der Waals surface area contributed by atoms with Crippen LogP contribution in [0.3, 0.4) is 0 Å². The van der Waals surface area contributed by atoms with Crippen molar-refractivity contribution in [3.63, 3.8) is 0 Å². The van der Waals surface area contributed by atoms with E-state index in [4.69, 9.17) is 9.47 Å². The molecular weight excluding hydrogens is 532 g/mol. The van der Waals surface area contributed by atoms with Gasteiger partial charge in [-0.1, -0.05) is 32.0 Å². The summed E-state index contributed by atoms with van der Waals surface area (Å²) >= 11 is 0. The van der Waals surface area contributed by atoms with Gasteiger partial charge in [0, 0.05) is 56.5 Å². The van der Waals surface area contributed by atoms with Gasteiger partial charge in [-0.05, 0) is 55.9 Å². The van der Waals surface area contributed by atoms with Crippen molar-refractivity contribution in [3.05, 3.63) is 65.7 Å². The maximum atomic E-state index is 13.5. The molecule has 1 aliphatic rings. The first-order valence-electron chi connectivity index (χ1n) is 14.5. The van der Waals surface area contributed by atoms with Crippen LogP contribution in [0.25, 0.3) is 11.3 Å². The van der Waals surface area contributed by atoms with Crippen LogP contribution < -0.4 is 14.4 Å². The Balaban J connectivity index is 1.38. The van der Waals surface area contributed by atoms with Crippen molar-refractivity contribution in [3.8, 4) is 22.8 Å². The van der Waals surface area contributed by atoms with Crippen molar-refractivity contribution in [2.45, 2.75) is 20.8 Å². The summed E-state index contributed by atoms with van der Waals surface area (Å²) in [5, 5.41) is 8.91. The Morgan fingerprint density at radius 1 is 0.881 bits per heavy atom. The minimum Gasteiger partial charge on any atom is -0.497 e. The van der Waals surface area contributed by atoms with Crippen LogP contribution in [0.1, 0.15) is 29.8 Å². The number of hydrogen-bond acceptors (Lipinski definition) is 8. The number of aromatic nitrogens is 2. The fourth-order valence-electron chi connectivity index (χ4n) is 5.13. The Morgan fingerprint density at radius 3 is 2.24 bits per heavy atom. The molecular formula is C32H42N6O4. The first-order chi connectivity index (χ1) is 20.4. The minimum absolute atomic E-state index is 0.0378. The van der Waals surface area contributed by atoms with Crippen molar-refractivity contribution in [2.24, 2.45) is 0 Å². The number of piperazine rings is 1. The number of hydrogen-bond donors (Lipinski definition) is 0. The van der Waals surface area contributed by atoms with E-state index in [2.05, 4.69) is 33.8 Å².